The molecule has 1 atom stereocenters. The summed E-state index contributed by atoms with van der Waals surface area (Å²) in [6, 6.07) is 6.04. The molecule has 1 saturated heterocycles. The van der Waals surface area contributed by atoms with Gasteiger partial charge in [-0.3, -0.25) is 9.59 Å². The van der Waals surface area contributed by atoms with Gasteiger partial charge in [-0.15, -0.1) is 0 Å². The highest BCUT2D eigenvalue weighted by Crippen LogP contribution is 2.31. The molecule has 0 radical (unpaired) electrons. The van der Waals surface area contributed by atoms with E-state index in [4.69, 9.17) is 0 Å². The van der Waals surface area contributed by atoms with Crippen LogP contribution in [0.1, 0.15) is 25.6 Å². The van der Waals surface area contributed by atoms with Crippen LogP contribution in [0.5, 0.6) is 0 Å². The number of carbonyl (C=O) groups is 2. The van der Waals surface area contributed by atoms with Crippen LogP contribution in [0.15, 0.2) is 24.3 Å². The smallest absolute Gasteiger partial charge is 0.352 e. The lowest BCUT2D eigenvalue weighted by Crippen LogP contribution is -2.50. The molecule has 3 rings (SSSR count). The summed E-state index contributed by atoms with van der Waals surface area (Å²) in [6.07, 6.45) is -3.22. The van der Waals surface area contributed by atoms with Gasteiger partial charge in [-0.2, -0.15) is 13.2 Å². The summed E-state index contributed by atoms with van der Waals surface area (Å²) in [5.74, 6) is -1.69. The highest BCUT2D eigenvalue weighted by molar-refractivity contribution is 5.81. The summed E-state index contributed by atoms with van der Waals surface area (Å²) in [5, 5.41) is 2.76. The number of aromatic nitrogens is 2. The summed E-state index contributed by atoms with van der Waals surface area (Å²) < 4.78 is 40.9. The number of hydrogen-bond donors (Lipinski definition) is 1. The molecule has 2 amide bonds. The Morgan fingerprint density at radius 3 is 2.73 bits per heavy atom. The van der Waals surface area contributed by atoms with Gasteiger partial charge in [-0.25, -0.2) is 4.98 Å². The zero-order valence-corrected chi connectivity index (χ0v) is 14.2. The first kappa shape index (κ1) is 18.2. The van der Waals surface area contributed by atoms with Crippen molar-refractivity contribution in [3.8, 4) is 0 Å². The maximum absolute atomic E-state index is 13.3. The molecule has 0 aliphatic carbocycles. The highest BCUT2D eigenvalue weighted by atomic mass is 19.4. The van der Waals surface area contributed by atoms with E-state index >= 15 is 0 Å². The van der Waals surface area contributed by atoms with Crippen LogP contribution in [0.3, 0.4) is 0 Å². The van der Waals surface area contributed by atoms with Gasteiger partial charge < -0.3 is 14.8 Å². The Balaban J connectivity index is 1.84. The lowest BCUT2D eigenvalue weighted by molar-refractivity contribution is -0.148. The lowest BCUT2D eigenvalue weighted by Gasteiger charge is -2.33. The second-order valence-corrected chi connectivity index (χ2v) is 6.39. The molecule has 2 heterocycles. The standard InChI is InChI=1S/C17H19F3N4O2/c1-11(25)21-12-5-4-8-23(9-12)15(26)10-24-14-7-3-2-6-13(14)22-16(24)17(18,19)20/h2-3,6-7,12H,4-5,8-10H2,1H3,(H,21,25). The van der Waals surface area contributed by atoms with Crippen molar-refractivity contribution < 1.29 is 22.8 Å². The molecule has 1 N–H and O–H groups in total. The van der Waals surface area contributed by atoms with Gasteiger partial charge in [0.1, 0.15) is 6.54 Å². The number of rotatable bonds is 3. The van der Waals surface area contributed by atoms with E-state index in [2.05, 4.69) is 10.3 Å². The molecule has 26 heavy (non-hydrogen) atoms. The minimum Gasteiger partial charge on any atom is -0.352 e. The Labute approximate surface area is 148 Å². The van der Waals surface area contributed by atoms with Gasteiger partial charge >= 0.3 is 6.18 Å². The number of carbonyl (C=O) groups excluding carboxylic acids is 2. The van der Waals surface area contributed by atoms with Crippen LogP contribution in [0, 0.1) is 0 Å². The van der Waals surface area contributed by atoms with E-state index in [1.807, 2.05) is 0 Å². The Kier molecular flexibility index (Phi) is 4.88. The van der Waals surface area contributed by atoms with Gasteiger partial charge in [0.2, 0.25) is 17.6 Å². The quantitative estimate of drug-likeness (QED) is 0.903. The van der Waals surface area contributed by atoms with Crippen LogP contribution in [-0.4, -0.2) is 45.4 Å². The molecule has 1 unspecified atom stereocenters. The predicted molar refractivity (Wildman–Crippen MR) is 88.2 cm³/mol. The van der Waals surface area contributed by atoms with E-state index in [0.29, 0.717) is 19.5 Å². The van der Waals surface area contributed by atoms with Gasteiger partial charge in [0.25, 0.3) is 0 Å². The van der Waals surface area contributed by atoms with Crippen LogP contribution < -0.4 is 5.32 Å². The molecular formula is C17H19F3N4O2. The second kappa shape index (κ2) is 6.97. The zero-order chi connectivity index (χ0) is 18.9. The number of halogens is 3. The highest BCUT2D eigenvalue weighted by Gasteiger charge is 2.38. The van der Waals surface area contributed by atoms with Crippen molar-refractivity contribution in [1.29, 1.82) is 0 Å². The first-order valence-corrected chi connectivity index (χ1v) is 8.33. The average molecular weight is 368 g/mol. The maximum Gasteiger partial charge on any atom is 0.449 e. The molecule has 2 aromatic rings. The van der Waals surface area contributed by atoms with Gasteiger partial charge in [-0.1, -0.05) is 12.1 Å². The Morgan fingerprint density at radius 1 is 1.31 bits per heavy atom. The van der Waals surface area contributed by atoms with Crippen molar-refractivity contribution >= 4 is 22.8 Å². The van der Waals surface area contributed by atoms with Gasteiger partial charge in [0.05, 0.1) is 11.0 Å². The monoisotopic (exact) mass is 368 g/mol. The molecule has 9 heteroatoms. The number of alkyl halides is 3. The number of amides is 2. The first-order valence-electron chi connectivity index (χ1n) is 8.33. The van der Waals surface area contributed by atoms with Crippen LogP contribution in [0.4, 0.5) is 13.2 Å². The molecule has 0 bridgehead atoms. The number of imidazole rings is 1. The third-order valence-electron chi connectivity index (χ3n) is 4.38. The summed E-state index contributed by atoms with van der Waals surface area (Å²) in [4.78, 5) is 29.0. The number of likely N-dealkylation sites (tertiary alicyclic amines) is 1. The molecule has 1 fully saturated rings. The lowest BCUT2D eigenvalue weighted by atomic mass is 10.1. The number of benzene rings is 1. The molecular weight excluding hydrogens is 349 g/mol. The van der Waals surface area contributed by atoms with Crippen LogP contribution in [0.2, 0.25) is 0 Å². The number of para-hydroxylation sites is 2. The number of piperidine rings is 1. The Morgan fingerprint density at radius 2 is 2.04 bits per heavy atom. The van der Waals surface area contributed by atoms with Crippen molar-refractivity contribution in [2.75, 3.05) is 13.1 Å². The number of fused-ring (bicyclic) bond motifs is 1. The van der Waals surface area contributed by atoms with Crippen molar-refractivity contribution in [1.82, 2.24) is 19.8 Å². The Bertz CT molecular complexity index is 831. The number of nitrogens with one attached hydrogen (secondary N) is 1. The average Bonchev–Trinajstić information content (AvgIpc) is 2.93. The second-order valence-electron chi connectivity index (χ2n) is 6.39. The summed E-state index contributed by atoms with van der Waals surface area (Å²) in [5.41, 5.74) is 0.464. The fraction of sp³-hybridized carbons (Fsp3) is 0.471. The fourth-order valence-electron chi connectivity index (χ4n) is 3.30. The van der Waals surface area contributed by atoms with Crippen LogP contribution in [-0.2, 0) is 22.3 Å². The van der Waals surface area contributed by atoms with Crippen molar-refractivity contribution in [3.05, 3.63) is 30.1 Å². The molecule has 6 nitrogen and oxygen atoms in total. The fourth-order valence-corrected chi connectivity index (χ4v) is 3.30. The van der Waals surface area contributed by atoms with E-state index < -0.39 is 24.5 Å². The number of hydrogen-bond acceptors (Lipinski definition) is 3. The molecule has 0 spiro atoms. The summed E-state index contributed by atoms with van der Waals surface area (Å²) in [6.45, 7) is 1.71. The van der Waals surface area contributed by atoms with Gasteiger partial charge in [0.15, 0.2) is 0 Å². The van der Waals surface area contributed by atoms with Gasteiger partial charge in [0, 0.05) is 26.1 Å². The minimum atomic E-state index is -4.65. The number of nitrogens with zero attached hydrogens (tertiary/aromatic N) is 3. The Hall–Kier alpha value is -2.58. The third-order valence-corrected chi connectivity index (χ3v) is 4.38. The normalized spacial score (nSPS) is 18.2. The molecule has 1 aliphatic heterocycles. The topological polar surface area (TPSA) is 67.2 Å². The predicted octanol–water partition coefficient (Wildman–Crippen LogP) is 2.18. The van der Waals surface area contributed by atoms with Crippen LogP contribution in [0.25, 0.3) is 11.0 Å². The van der Waals surface area contributed by atoms with Crippen molar-refractivity contribution in [2.45, 2.75) is 38.5 Å². The summed E-state index contributed by atoms with van der Waals surface area (Å²) >= 11 is 0. The largest absolute Gasteiger partial charge is 0.449 e. The SMILES string of the molecule is CC(=O)NC1CCCN(C(=O)Cn2c(C(F)(F)F)nc3ccccc32)C1. The van der Waals surface area contributed by atoms with E-state index in [1.54, 1.807) is 12.1 Å². The van der Waals surface area contributed by atoms with E-state index in [1.165, 1.54) is 24.0 Å². The first-order chi connectivity index (χ1) is 12.3. The molecule has 1 aromatic heterocycles. The molecule has 140 valence electrons. The van der Waals surface area contributed by atoms with E-state index in [-0.39, 0.29) is 23.0 Å². The minimum absolute atomic E-state index is 0.174. The van der Waals surface area contributed by atoms with Gasteiger partial charge in [-0.05, 0) is 25.0 Å². The van der Waals surface area contributed by atoms with Crippen LogP contribution >= 0.6 is 0 Å². The maximum atomic E-state index is 13.3. The zero-order valence-electron chi connectivity index (χ0n) is 14.2. The van der Waals surface area contributed by atoms with E-state index in [9.17, 15) is 22.8 Å². The van der Waals surface area contributed by atoms with E-state index in [0.717, 1.165) is 11.0 Å². The molecule has 1 aliphatic rings. The molecule has 0 saturated carbocycles. The summed E-state index contributed by atoms with van der Waals surface area (Å²) in [7, 11) is 0. The van der Waals surface area contributed by atoms with Crippen molar-refractivity contribution in [3.63, 3.8) is 0 Å². The molecule has 1 aromatic carbocycles. The third kappa shape index (κ3) is 3.81. The van der Waals surface area contributed by atoms with Crippen molar-refractivity contribution in [2.24, 2.45) is 0 Å².